The fraction of sp³-hybridized carbons (Fsp3) is 0.783. The molecule has 7 nitrogen and oxygen atoms in total. The number of rotatable bonds is 21. The Morgan fingerprint density at radius 1 is 0.600 bits per heavy atom. The van der Waals surface area contributed by atoms with Gasteiger partial charge in [-0.15, -0.1) is 0 Å². The van der Waals surface area contributed by atoms with E-state index < -0.39 is 17.9 Å². The molecule has 0 saturated carbocycles. The molecule has 0 unspecified atom stereocenters. The van der Waals surface area contributed by atoms with Crippen LogP contribution in [0.2, 0.25) is 0 Å². The van der Waals surface area contributed by atoms with Crippen molar-refractivity contribution >= 4 is 17.9 Å². The van der Waals surface area contributed by atoms with Gasteiger partial charge in [-0.3, -0.25) is 14.4 Å². The molecular weight excluding hydrogens is 386 g/mol. The van der Waals surface area contributed by atoms with Crippen molar-refractivity contribution in [3.05, 3.63) is 12.2 Å². The standard InChI is InChI=1S/C23H41NO6/c1-2-3-4-5-6-7-8-9-10-11-12-13-17-24(18-14-21(25)26,19-15-22(27)28)20-16-23(29)30/h2-3H,4-20H2,1H3,(H2-,25,26,27,28,29,30)/p+1/b3-2+. The molecule has 0 rings (SSSR count). The smallest absolute Gasteiger partial charge is 0.309 e. The SMILES string of the molecule is C/C=C/CCCCCCCCCCC[N+](CCC(=O)O)(CCC(=O)O)CCC(=O)O. The predicted octanol–water partition coefficient (Wildman–Crippen LogP) is 4.70. The summed E-state index contributed by atoms with van der Waals surface area (Å²) in [7, 11) is 0. The van der Waals surface area contributed by atoms with Crippen molar-refractivity contribution in [3.8, 4) is 0 Å². The summed E-state index contributed by atoms with van der Waals surface area (Å²) in [6.45, 7) is 3.53. The van der Waals surface area contributed by atoms with Crippen LogP contribution in [0.15, 0.2) is 12.2 Å². The van der Waals surface area contributed by atoms with Gasteiger partial charge >= 0.3 is 17.9 Å². The molecule has 0 aromatic heterocycles. The first-order valence-corrected chi connectivity index (χ1v) is 11.4. The zero-order valence-electron chi connectivity index (χ0n) is 18.7. The summed E-state index contributed by atoms with van der Waals surface area (Å²) < 4.78 is 0.261. The number of carboxylic acids is 3. The molecule has 0 saturated heterocycles. The maximum Gasteiger partial charge on any atom is 0.309 e. The average Bonchev–Trinajstić information content (AvgIpc) is 2.69. The summed E-state index contributed by atoms with van der Waals surface area (Å²) >= 11 is 0. The second-order valence-corrected chi connectivity index (χ2v) is 8.21. The highest BCUT2D eigenvalue weighted by molar-refractivity contribution is 5.67. The highest BCUT2D eigenvalue weighted by atomic mass is 16.4. The molecule has 0 aromatic carbocycles. The molecule has 0 amide bonds. The first kappa shape index (κ1) is 28.1. The molecule has 0 aromatic rings. The molecule has 0 fully saturated rings. The van der Waals surface area contributed by atoms with Crippen LogP contribution in [0.4, 0.5) is 0 Å². The number of quaternary nitrogens is 1. The maximum absolute atomic E-state index is 11.1. The molecule has 7 heteroatoms. The van der Waals surface area contributed by atoms with Gasteiger partial charge < -0.3 is 19.8 Å². The van der Waals surface area contributed by atoms with Crippen LogP contribution in [-0.2, 0) is 14.4 Å². The lowest BCUT2D eigenvalue weighted by Gasteiger charge is -2.38. The molecule has 174 valence electrons. The summed E-state index contributed by atoms with van der Waals surface area (Å²) in [5, 5.41) is 27.2. The van der Waals surface area contributed by atoms with Crippen LogP contribution in [0.5, 0.6) is 0 Å². The second kappa shape index (κ2) is 17.9. The Hall–Kier alpha value is -1.89. The molecule has 0 bridgehead atoms. The Labute approximate surface area is 181 Å². The Morgan fingerprint density at radius 2 is 0.967 bits per heavy atom. The van der Waals surface area contributed by atoms with Crippen LogP contribution >= 0.6 is 0 Å². The molecule has 0 aliphatic rings. The molecule has 0 atom stereocenters. The van der Waals surface area contributed by atoms with Crippen LogP contribution in [0, 0.1) is 0 Å². The second-order valence-electron chi connectivity index (χ2n) is 8.21. The van der Waals surface area contributed by atoms with Crippen molar-refractivity contribution in [2.45, 2.75) is 90.4 Å². The number of unbranched alkanes of at least 4 members (excludes halogenated alkanes) is 9. The van der Waals surface area contributed by atoms with Gasteiger partial charge in [-0.1, -0.05) is 50.7 Å². The van der Waals surface area contributed by atoms with Crippen molar-refractivity contribution in [2.24, 2.45) is 0 Å². The van der Waals surface area contributed by atoms with Crippen molar-refractivity contribution < 1.29 is 34.2 Å². The van der Waals surface area contributed by atoms with Gasteiger partial charge in [-0.25, -0.2) is 0 Å². The van der Waals surface area contributed by atoms with Gasteiger partial charge in [-0.2, -0.15) is 0 Å². The number of nitrogens with zero attached hydrogens (tertiary/aromatic N) is 1. The normalized spacial score (nSPS) is 11.8. The monoisotopic (exact) mass is 428 g/mol. The third-order valence-electron chi connectivity index (χ3n) is 5.64. The maximum atomic E-state index is 11.1. The minimum Gasteiger partial charge on any atom is -0.481 e. The van der Waals surface area contributed by atoms with Gasteiger partial charge in [0.25, 0.3) is 0 Å². The summed E-state index contributed by atoms with van der Waals surface area (Å²) in [6, 6.07) is 0. The fourth-order valence-electron chi connectivity index (χ4n) is 3.78. The molecule has 0 spiro atoms. The number of hydrogen-bond acceptors (Lipinski definition) is 3. The lowest BCUT2D eigenvalue weighted by molar-refractivity contribution is -0.927. The van der Waals surface area contributed by atoms with E-state index in [2.05, 4.69) is 12.2 Å². The van der Waals surface area contributed by atoms with Gasteiger partial charge in [-0.05, 0) is 32.6 Å². The summed E-state index contributed by atoms with van der Waals surface area (Å²) in [4.78, 5) is 33.2. The molecule has 3 N–H and O–H groups in total. The van der Waals surface area contributed by atoms with Crippen molar-refractivity contribution in [3.63, 3.8) is 0 Å². The van der Waals surface area contributed by atoms with Gasteiger partial charge in [0.2, 0.25) is 0 Å². The largest absolute Gasteiger partial charge is 0.481 e. The molecule has 30 heavy (non-hydrogen) atoms. The van der Waals surface area contributed by atoms with E-state index in [0.717, 1.165) is 19.3 Å². The van der Waals surface area contributed by atoms with Crippen molar-refractivity contribution in [1.29, 1.82) is 0 Å². The molecule has 0 radical (unpaired) electrons. The molecule has 0 aliphatic carbocycles. The number of hydrogen-bond donors (Lipinski definition) is 3. The molecule has 0 aliphatic heterocycles. The van der Waals surface area contributed by atoms with Gasteiger partial charge in [0.15, 0.2) is 0 Å². The quantitative estimate of drug-likeness (QED) is 0.139. The fourth-order valence-corrected chi connectivity index (χ4v) is 3.78. The van der Waals surface area contributed by atoms with Gasteiger partial charge in [0, 0.05) is 0 Å². The van der Waals surface area contributed by atoms with Crippen LogP contribution < -0.4 is 0 Å². The van der Waals surface area contributed by atoms with Crippen LogP contribution in [0.3, 0.4) is 0 Å². The van der Waals surface area contributed by atoms with E-state index in [9.17, 15) is 14.4 Å². The van der Waals surface area contributed by atoms with Crippen molar-refractivity contribution in [1.82, 2.24) is 0 Å². The van der Waals surface area contributed by atoms with Crippen molar-refractivity contribution in [2.75, 3.05) is 26.2 Å². The Kier molecular flexibility index (Phi) is 16.8. The van der Waals surface area contributed by atoms with Crippen LogP contribution in [-0.4, -0.2) is 63.9 Å². The average molecular weight is 429 g/mol. The predicted molar refractivity (Wildman–Crippen MR) is 117 cm³/mol. The van der Waals surface area contributed by atoms with E-state index in [1.165, 1.54) is 44.9 Å². The van der Waals surface area contributed by atoms with E-state index in [1.807, 2.05) is 6.92 Å². The third-order valence-corrected chi connectivity index (χ3v) is 5.64. The zero-order chi connectivity index (χ0) is 22.7. The minimum atomic E-state index is -0.936. The van der Waals surface area contributed by atoms with Gasteiger partial charge in [0.05, 0.1) is 45.4 Å². The highest BCUT2D eigenvalue weighted by Crippen LogP contribution is 2.17. The zero-order valence-corrected chi connectivity index (χ0v) is 18.7. The minimum absolute atomic E-state index is 0.0761. The Morgan fingerprint density at radius 3 is 1.33 bits per heavy atom. The first-order chi connectivity index (χ1) is 14.3. The van der Waals surface area contributed by atoms with E-state index in [0.29, 0.717) is 6.54 Å². The Balaban J connectivity index is 4.31. The molecular formula is C23H42NO6+. The number of allylic oxidation sites excluding steroid dienone is 2. The lowest BCUT2D eigenvalue weighted by atomic mass is 10.1. The van der Waals surface area contributed by atoms with E-state index >= 15 is 0 Å². The number of carboxylic acid groups (broad SMARTS) is 3. The lowest BCUT2D eigenvalue weighted by Crippen LogP contribution is -2.52. The molecule has 0 heterocycles. The van der Waals surface area contributed by atoms with E-state index in [4.69, 9.17) is 15.3 Å². The summed E-state index contributed by atoms with van der Waals surface area (Å²) in [6.07, 6.45) is 15.7. The summed E-state index contributed by atoms with van der Waals surface area (Å²) in [5.41, 5.74) is 0. The number of carbonyl (C=O) groups is 3. The third kappa shape index (κ3) is 17.0. The highest BCUT2D eigenvalue weighted by Gasteiger charge is 2.29. The topological polar surface area (TPSA) is 112 Å². The van der Waals surface area contributed by atoms with E-state index in [-0.39, 0.29) is 43.4 Å². The van der Waals surface area contributed by atoms with Gasteiger partial charge in [0.1, 0.15) is 0 Å². The Bertz CT molecular complexity index is 472. The van der Waals surface area contributed by atoms with E-state index in [1.54, 1.807) is 0 Å². The van der Waals surface area contributed by atoms with Crippen LogP contribution in [0.25, 0.3) is 0 Å². The van der Waals surface area contributed by atoms with Crippen LogP contribution in [0.1, 0.15) is 90.4 Å². The summed E-state index contributed by atoms with van der Waals surface area (Å²) in [5.74, 6) is -2.81. The number of aliphatic carboxylic acids is 3. The first-order valence-electron chi connectivity index (χ1n) is 11.4.